The van der Waals surface area contributed by atoms with Crippen molar-refractivity contribution in [2.24, 2.45) is 10.2 Å². The zero-order valence-corrected chi connectivity index (χ0v) is 19.1. The molecule has 0 saturated carbocycles. The minimum Gasteiger partial charge on any atom is -0.497 e. The predicted octanol–water partition coefficient (Wildman–Crippen LogP) is 7.58. The number of aromatic nitrogens is 1. The molecule has 1 amide bonds. The van der Waals surface area contributed by atoms with E-state index < -0.39 is 0 Å². The molecule has 0 saturated heterocycles. The Kier molecular flexibility index (Phi) is 6.26. The van der Waals surface area contributed by atoms with E-state index >= 15 is 0 Å². The molecule has 170 valence electrons. The van der Waals surface area contributed by atoms with Crippen molar-refractivity contribution in [1.82, 2.24) is 4.98 Å². The van der Waals surface area contributed by atoms with Crippen molar-refractivity contribution in [2.45, 2.75) is 0 Å². The number of carbonyl (C=O) groups excluding carboxylic acids is 1. The Hall–Kier alpha value is -4.84. The molecule has 6 nitrogen and oxygen atoms in total. The molecule has 0 spiro atoms. The number of rotatable bonds is 6. The lowest BCUT2D eigenvalue weighted by Gasteiger charge is -2.11. The van der Waals surface area contributed by atoms with Gasteiger partial charge in [0.2, 0.25) is 0 Å². The number of azo groups is 1. The summed E-state index contributed by atoms with van der Waals surface area (Å²) in [5, 5.41) is 12.2. The molecule has 0 fully saturated rings. The number of hydrogen-bond donors (Lipinski definition) is 1. The van der Waals surface area contributed by atoms with E-state index in [0.29, 0.717) is 22.6 Å². The summed E-state index contributed by atoms with van der Waals surface area (Å²) in [7, 11) is 1.63. The van der Waals surface area contributed by atoms with Crippen LogP contribution in [0.25, 0.3) is 22.2 Å². The standard InChI is InChI=1S/C29H22N4O2/c1-35-24-11-7-8-20(18-24)28-19-26(25-12-5-6-13-27(25)31-28)29(34)30-21-14-16-23(17-15-21)33-32-22-9-3-2-4-10-22/h2-19H,1H3,(H,30,34). The van der Waals surface area contributed by atoms with Crippen LogP contribution in [-0.4, -0.2) is 18.0 Å². The van der Waals surface area contributed by atoms with Gasteiger partial charge < -0.3 is 10.1 Å². The van der Waals surface area contributed by atoms with Crippen LogP contribution >= 0.6 is 0 Å². The molecule has 0 aliphatic heterocycles. The fourth-order valence-electron chi connectivity index (χ4n) is 3.71. The third kappa shape index (κ3) is 5.07. The molecule has 5 rings (SSSR count). The molecule has 0 radical (unpaired) electrons. The molecule has 0 unspecified atom stereocenters. The number of anilines is 1. The van der Waals surface area contributed by atoms with E-state index in [4.69, 9.17) is 9.72 Å². The molecule has 0 aliphatic rings. The van der Waals surface area contributed by atoms with E-state index in [9.17, 15) is 4.79 Å². The van der Waals surface area contributed by atoms with Crippen LogP contribution in [-0.2, 0) is 0 Å². The molecule has 0 aliphatic carbocycles. The number of ether oxygens (including phenoxy) is 1. The number of carbonyl (C=O) groups is 1. The van der Waals surface area contributed by atoms with E-state index in [2.05, 4.69) is 15.5 Å². The summed E-state index contributed by atoms with van der Waals surface area (Å²) < 4.78 is 5.35. The Morgan fingerprint density at radius 1 is 0.771 bits per heavy atom. The summed E-state index contributed by atoms with van der Waals surface area (Å²) in [6, 6.07) is 33.8. The monoisotopic (exact) mass is 458 g/mol. The zero-order chi connectivity index (χ0) is 24.0. The average Bonchev–Trinajstić information content (AvgIpc) is 2.92. The van der Waals surface area contributed by atoms with Crippen molar-refractivity contribution in [3.63, 3.8) is 0 Å². The van der Waals surface area contributed by atoms with Crippen molar-refractivity contribution in [3.8, 4) is 17.0 Å². The highest BCUT2D eigenvalue weighted by molar-refractivity contribution is 6.13. The SMILES string of the molecule is COc1cccc(-c2cc(C(=O)Nc3ccc(N=Nc4ccccc4)cc3)c3ccccc3n2)c1. The van der Waals surface area contributed by atoms with Crippen LogP contribution in [0, 0.1) is 0 Å². The first-order valence-electron chi connectivity index (χ1n) is 11.1. The Labute approximate surface area is 203 Å². The second-order valence-electron chi connectivity index (χ2n) is 7.84. The number of methoxy groups -OCH3 is 1. The fourth-order valence-corrected chi connectivity index (χ4v) is 3.71. The van der Waals surface area contributed by atoms with Gasteiger partial charge in [0.1, 0.15) is 5.75 Å². The second kappa shape index (κ2) is 9.97. The second-order valence-corrected chi connectivity index (χ2v) is 7.84. The number of nitrogens with one attached hydrogen (secondary N) is 1. The van der Waals surface area contributed by atoms with Gasteiger partial charge in [0, 0.05) is 16.6 Å². The maximum Gasteiger partial charge on any atom is 0.256 e. The number of pyridine rings is 1. The number of benzene rings is 4. The van der Waals surface area contributed by atoms with Crippen molar-refractivity contribution in [2.75, 3.05) is 12.4 Å². The van der Waals surface area contributed by atoms with Gasteiger partial charge >= 0.3 is 0 Å². The van der Waals surface area contributed by atoms with E-state index in [-0.39, 0.29) is 5.91 Å². The van der Waals surface area contributed by atoms with Gasteiger partial charge in [-0.2, -0.15) is 10.2 Å². The molecule has 35 heavy (non-hydrogen) atoms. The largest absolute Gasteiger partial charge is 0.497 e. The summed E-state index contributed by atoms with van der Waals surface area (Å²) in [4.78, 5) is 18.1. The van der Waals surface area contributed by atoms with Crippen LogP contribution < -0.4 is 10.1 Å². The van der Waals surface area contributed by atoms with Crippen LogP contribution in [0.1, 0.15) is 10.4 Å². The first-order valence-corrected chi connectivity index (χ1v) is 11.1. The number of fused-ring (bicyclic) bond motifs is 1. The molecule has 0 atom stereocenters. The van der Waals surface area contributed by atoms with Crippen LogP contribution in [0.5, 0.6) is 5.75 Å². The molecule has 6 heteroatoms. The Balaban J connectivity index is 1.42. The molecular weight excluding hydrogens is 436 g/mol. The highest BCUT2D eigenvalue weighted by Crippen LogP contribution is 2.28. The minimum absolute atomic E-state index is 0.216. The number of para-hydroxylation sites is 1. The Bertz CT molecular complexity index is 1510. The Morgan fingerprint density at radius 2 is 1.49 bits per heavy atom. The van der Waals surface area contributed by atoms with Gasteiger partial charge in [-0.1, -0.05) is 48.5 Å². The fraction of sp³-hybridized carbons (Fsp3) is 0.0345. The first kappa shape index (κ1) is 22.0. The highest BCUT2D eigenvalue weighted by atomic mass is 16.5. The lowest BCUT2D eigenvalue weighted by atomic mass is 10.0. The molecule has 4 aromatic carbocycles. The van der Waals surface area contributed by atoms with E-state index in [0.717, 1.165) is 27.9 Å². The topological polar surface area (TPSA) is 75.9 Å². The number of hydrogen-bond acceptors (Lipinski definition) is 5. The van der Waals surface area contributed by atoms with Gasteiger partial charge in [-0.25, -0.2) is 4.98 Å². The molecule has 0 bridgehead atoms. The lowest BCUT2D eigenvalue weighted by Crippen LogP contribution is -2.13. The average molecular weight is 459 g/mol. The van der Waals surface area contributed by atoms with Gasteiger partial charge in [0.05, 0.1) is 35.3 Å². The van der Waals surface area contributed by atoms with Crippen molar-refractivity contribution in [1.29, 1.82) is 0 Å². The van der Waals surface area contributed by atoms with Gasteiger partial charge in [-0.3, -0.25) is 4.79 Å². The van der Waals surface area contributed by atoms with Crippen LogP contribution in [0.15, 0.2) is 119 Å². The van der Waals surface area contributed by atoms with Crippen LogP contribution in [0.3, 0.4) is 0 Å². The summed E-state index contributed by atoms with van der Waals surface area (Å²) in [6.07, 6.45) is 0. The van der Waals surface area contributed by atoms with E-state index in [1.165, 1.54) is 0 Å². The first-order chi connectivity index (χ1) is 17.2. The number of amides is 1. The van der Waals surface area contributed by atoms with Crippen LogP contribution in [0.4, 0.5) is 17.1 Å². The zero-order valence-electron chi connectivity index (χ0n) is 19.1. The molecular formula is C29H22N4O2. The summed E-state index contributed by atoms with van der Waals surface area (Å²) >= 11 is 0. The molecule has 1 N–H and O–H groups in total. The van der Waals surface area contributed by atoms with Crippen LogP contribution in [0.2, 0.25) is 0 Å². The summed E-state index contributed by atoms with van der Waals surface area (Å²) in [5.41, 5.74) is 5.00. The van der Waals surface area contributed by atoms with Gasteiger partial charge in [0.15, 0.2) is 0 Å². The van der Waals surface area contributed by atoms with Crippen molar-refractivity contribution < 1.29 is 9.53 Å². The van der Waals surface area contributed by atoms with Gasteiger partial charge in [-0.05, 0) is 60.7 Å². The third-order valence-electron chi connectivity index (χ3n) is 5.49. The summed E-state index contributed by atoms with van der Waals surface area (Å²) in [5.74, 6) is 0.513. The normalized spacial score (nSPS) is 11.0. The summed E-state index contributed by atoms with van der Waals surface area (Å²) in [6.45, 7) is 0. The highest BCUT2D eigenvalue weighted by Gasteiger charge is 2.14. The maximum absolute atomic E-state index is 13.3. The van der Waals surface area contributed by atoms with Gasteiger partial charge in [0.25, 0.3) is 5.91 Å². The lowest BCUT2D eigenvalue weighted by molar-refractivity contribution is 0.102. The quantitative estimate of drug-likeness (QED) is 0.267. The van der Waals surface area contributed by atoms with Gasteiger partial charge in [-0.15, -0.1) is 0 Å². The van der Waals surface area contributed by atoms with Crippen molar-refractivity contribution >= 4 is 33.9 Å². The molecule has 1 heterocycles. The maximum atomic E-state index is 13.3. The third-order valence-corrected chi connectivity index (χ3v) is 5.49. The molecule has 1 aromatic heterocycles. The van der Waals surface area contributed by atoms with Crippen molar-refractivity contribution in [3.05, 3.63) is 115 Å². The number of nitrogens with zero attached hydrogens (tertiary/aromatic N) is 3. The predicted molar refractivity (Wildman–Crippen MR) is 139 cm³/mol. The molecule has 5 aromatic rings. The van der Waals surface area contributed by atoms with E-state index in [1.54, 1.807) is 7.11 Å². The van der Waals surface area contributed by atoms with E-state index in [1.807, 2.05) is 109 Å². The Morgan fingerprint density at radius 3 is 2.26 bits per heavy atom. The smallest absolute Gasteiger partial charge is 0.256 e. The minimum atomic E-state index is -0.216.